The van der Waals surface area contributed by atoms with Gasteiger partial charge in [0.05, 0.1) is 28.8 Å². The second-order valence-electron chi connectivity index (χ2n) is 9.77. The number of nitrogens with zero attached hydrogens (tertiary/aromatic N) is 2. The lowest BCUT2D eigenvalue weighted by atomic mass is 9.83. The minimum Gasteiger partial charge on any atom is -0.462 e. The summed E-state index contributed by atoms with van der Waals surface area (Å²) < 4.78 is 6.43. The third kappa shape index (κ3) is 4.94. The van der Waals surface area contributed by atoms with E-state index in [1.165, 1.54) is 16.7 Å². The quantitative estimate of drug-likeness (QED) is 0.245. The first-order chi connectivity index (χ1) is 20.4. The van der Waals surface area contributed by atoms with E-state index < -0.39 is 29.0 Å². The first-order valence-corrected chi connectivity index (χ1v) is 15.0. The molecule has 0 radical (unpaired) electrons. The van der Waals surface area contributed by atoms with Crippen molar-refractivity contribution in [3.8, 4) is 0 Å². The number of thiazole rings is 1. The van der Waals surface area contributed by atoms with Gasteiger partial charge in [-0.2, -0.15) is 0 Å². The van der Waals surface area contributed by atoms with E-state index in [-0.39, 0.29) is 29.8 Å². The molecule has 212 valence electrons. The molecule has 0 saturated carbocycles. The molecule has 0 spiro atoms. The molecule has 3 atom stereocenters. The van der Waals surface area contributed by atoms with E-state index in [0.717, 1.165) is 33.6 Å². The number of imide groups is 1. The lowest BCUT2D eigenvalue weighted by molar-refractivity contribution is -0.122. The lowest BCUT2D eigenvalue weighted by Crippen LogP contribution is -2.33. The van der Waals surface area contributed by atoms with Crippen molar-refractivity contribution in [2.24, 2.45) is 5.92 Å². The summed E-state index contributed by atoms with van der Waals surface area (Å²) in [6, 6.07) is 24.4. The van der Waals surface area contributed by atoms with Gasteiger partial charge in [-0.1, -0.05) is 71.6 Å². The average Bonchev–Trinajstić information content (AvgIpc) is 3.44. The minimum absolute atomic E-state index is 0.230. The zero-order valence-electron chi connectivity index (χ0n) is 22.4. The van der Waals surface area contributed by atoms with Crippen molar-refractivity contribution >= 4 is 58.2 Å². The number of hydrogen-bond acceptors (Lipinski definition) is 8. The number of carbonyl (C=O) groups excluding carboxylic acids is 4. The fourth-order valence-electron chi connectivity index (χ4n) is 5.36. The number of nitrogens with one attached hydrogen (secondary N) is 1. The molecule has 1 fully saturated rings. The number of ether oxygens (including phenoxy) is 1. The van der Waals surface area contributed by atoms with Crippen LogP contribution in [0.1, 0.15) is 33.6 Å². The van der Waals surface area contributed by atoms with Crippen molar-refractivity contribution < 1.29 is 23.9 Å². The second-order valence-corrected chi connectivity index (χ2v) is 11.9. The first-order valence-electron chi connectivity index (χ1n) is 13.3. The predicted octanol–water partition coefficient (Wildman–Crippen LogP) is 4.52. The molecular weight excluding hydrogens is 574 g/mol. The van der Waals surface area contributed by atoms with Crippen LogP contribution in [-0.4, -0.2) is 40.1 Å². The molecule has 3 aromatic carbocycles. The van der Waals surface area contributed by atoms with Gasteiger partial charge in [0.1, 0.15) is 11.8 Å². The van der Waals surface area contributed by atoms with Gasteiger partial charge in [-0.15, -0.1) is 0 Å². The number of esters is 1. The Labute approximate surface area is 249 Å². The summed E-state index contributed by atoms with van der Waals surface area (Å²) in [5, 5.41) is 2.51. The molecular formula is C31H25N3O6S2. The van der Waals surface area contributed by atoms with Crippen molar-refractivity contribution in [3.63, 3.8) is 0 Å². The topological polar surface area (TPSA) is 115 Å². The van der Waals surface area contributed by atoms with Crippen LogP contribution in [0.2, 0.25) is 0 Å². The van der Waals surface area contributed by atoms with E-state index in [9.17, 15) is 24.0 Å². The van der Waals surface area contributed by atoms with Crippen molar-refractivity contribution in [3.05, 3.63) is 111 Å². The largest absolute Gasteiger partial charge is 0.462 e. The van der Waals surface area contributed by atoms with E-state index in [0.29, 0.717) is 26.8 Å². The molecule has 0 bridgehead atoms. The Morgan fingerprint density at radius 1 is 0.881 bits per heavy atom. The van der Waals surface area contributed by atoms with Crippen molar-refractivity contribution in [1.82, 2.24) is 4.57 Å². The molecule has 1 N–H and O–H groups in total. The molecule has 9 nitrogen and oxygen atoms in total. The number of anilines is 2. The number of para-hydroxylation sites is 1. The molecule has 1 aromatic heterocycles. The number of rotatable bonds is 7. The van der Waals surface area contributed by atoms with Crippen LogP contribution in [0.25, 0.3) is 0 Å². The Kier molecular flexibility index (Phi) is 7.53. The number of thioether (sulfide) groups is 1. The standard InChI is InChI=1S/C31H25N3O6S2/c1-2-40-30(38)19-13-15-21(16-14-19)34-27(36)24-23(18-9-5-3-6-10-18)26-29(41-25(24)28(34)37)33(31(39)42-26)17-22(35)32-20-11-7-4-8-12-20/h3-16,23-25H,2,17H2,1H3,(H,32,35). The third-order valence-electron chi connectivity index (χ3n) is 7.20. The predicted molar refractivity (Wildman–Crippen MR) is 160 cm³/mol. The Morgan fingerprint density at radius 3 is 2.21 bits per heavy atom. The molecule has 2 aliphatic heterocycles. The highest BCUT2D eigenvalue weighted by atomic mass is 32.2. The van der Waals surface area contributed by atoms with Crippen LogP contribution in [0.5, 0.6) is 0 Å². The van der Waals surface area contributed by atoms with Gasteiger partial charge in [0.2, 0.25) is 17.7 Å². The maximum absolute atomic E-state index is 14.0. The van der Waals surface area contributed by atoms with Gasteiger partial charge in [-0.05, 0) is 48.9 Å². The van der Waals surface area contributed by atoms with Crippen molar-refractivity contribution in [2.75, 3.05) is 16.8 Å². The Bertz CT molecular complexity index is 1730. The summed E-state index contributed by atoms with van der Waals surface area (Å²) in [6.07, 6.45) is 0. The monoisotopic (exact) mass is 599 g/mol. The molecule has 2 aliphatic rings. The lowest BCUT2D eigenvalue weighted by Gasteiger charge is -2.30. The van der Waals surface area contributed by atoms with Gasteiger partial charge in [0.15, 0.2) is 0 Å². The van der Waals surface area contributed by atoms with Crippen LogP contribution in [0.4, 0.5) is 11.4 Å². The fraction of sp³-hybridized carbons (Fsp3) is 0.194. The fourth-order valence-corrected chi connectivity index (χ4v) is 8.13. The summed E-state index contributed by atoms with van der Waals surface area (Å²) in [5.74, 6) is -2.97. The molecule has 1 saturated heterocycles. The summed E-state index contributed by atoms with van der Waals surface area (Å²) in [4.78, 5) is 67.6. The van der Waals surface area contributed by atoms with Crippen LogP contribution in [-0.2, 0) is 25.7 Å². The second kappa shape index (κ2) is 11.4. The zero-order valence-corrected chi connectivity index (χ0v) is 24.0. The molecule has 0 aliphatic carbocycles. The molecule has 6 rings (SSSR count). The van der Waals surface area contributed by atoms with Crippen LogP contribution in [0.15, 0.2) is 94.7 Å². The normalized spacial score (nSPS) is 19.3. The van der Waals surface area contributed by atoms with Gasteiger partial charge >= 0.3 is 10.8 Å². The van der Waals surface area contributed by atoms with Gasteiger partial charge in [0.25, 0.3) is 0 Å². The van der Waals surface area contributed by atoms with Crippen LogP contribution >= 0.6 is 23.1 Å². The van der Waals surface area contributed by atoms with Gasteiger partial charge in [-0.3, -0.25) is 23.7 Å². The van der Waals surface area contributed by atoms with E-state index in [1.54, 1.807) is 43.3 Å². The Morgan fingerprint density at radius 2 is 1.55 bits per heavy atom. The molecule has 3 heterocycles. The third-order valence-corrected chi connectivity index (χ3v) is 9.81. The number of aromatic nitrogens is 1. The highest BCUT2D eigenvalue weighted by Gasteiger charge is 2.56. The highest BCUT2D eigenvalue weighted by Crippen LogP contribution is 2.53. The van der Waals surface area contributed by atoms with Crippen LogP contribution in [0, 0.1) is 5.92 Å². The van der Waals surface area contributed by atoms with Gasteiger partial charge < -0.3 is 10.1 Å². The van der Waals surface area contributed by atoms with E-state index in [2.05, 4.69) is 5.32 Å². The Balaban J connectivity index is 1.36. The highest BCUT2D eigenvalue weighted by molar-refractivity contribution is 8.00. The molecule has 42 heavy (non-hydrogen) atoms. The number of benzene rings is 3. The van der Waals surface area contributed by atoms with Crippen LogP contribution in [0.3, 0.4) is 0 Å². The number of carbonyl (C=O) groups is 4. The van der Waals surface area contributed by atoms with E-state index >= 15 is 0 Å². The number of fused-ring (bicyclic) bond motifs is 2. The SMILES string of the molecule is CCOC(=O)c1ccc(N2C(=O)C3Sc4c(sc(=O)n4CC(=O)Nc4ccccc4)C(c4ccccc4)C3C2=O)cc1. The number of hydrogen-bond donors (Lipinski definition) is 1. The van der Waals surface area contributed by atoms with Crippen LogP contribution < -0.4 is 15.1 Å². The Hall–Kier alpha value is -4.48. The van der Waals surface area contributed by atoms with E-state index in [4.69, 9.17) is 4.74 Å². The van der Waals surface area contributed by atoms with Gasteiger partial charge in [0, 0.05) is 16.5 Å². The van der Waals surface area contributed by atoms with Gasteiger partial charge in [-0.25, -0.2) is 9.69 Å². The molecule has 3 unspecified atom stereocenters. The van der Waals surface area contributed by atoms with E-state index in [1.807, 2.05) is 36.4 Å². The molecule has 11 heteroatoms. The molecule has 4 aromatic rings. The maximum Gasteiger partial charge on any atom is 0.338 e. The summed E-state index contributed by atoms with van der Waals surface area (Å²) in [5.41, 5.74) is 2.07. The summed E-state index contributed by atoms with van der Waals surface area (Å²) in [6.45, 7) is 1.71. The van der Waals surface area contributed by atoms with Crippen molar-refractivity contribution in [1.29, 1.82) is 0 Å². The summed E-state index contributed by atoms with van der Waals surface area (Å²) >= 11 is 2.15. The maximum atomic E-state index is 14.0. The summed E-state index contributed by atoms with van der Waals surface area (Å²) in [7, 11) is 0. The zero-order chi connectivity index (χ0) is 29.4. The average molecular weight is 600 g/mol. The smallest absolute Gasteiger partial charge is 0.338 e. The first kappa shape index (κ1) is 27.7. The minimum atomic E-state index is -0.808. The number of amides is 3. The molecule has 3 amide bonds. The van der Waals surface area contributed by atoms with Crippen molar-refractivity contribution in [2.45, 2.75) is 29.7 Å².